The van der Waals surface area contributed by atoms with Crippen LogP contribution in [-0.4, -0.2) is 124 Å². The molecule has 0 saturated carbocycles. The topological polar surface area (TPSA) is 255 Å². The summed E-state index contributed by atoms with van der Waals surface area (Å²) in [5, 5.41) is 50.6. The molecule has 3 rings (SSSR count). The second-order valence-electron chi connectivity index (χ2n) is 16.3. The summed E-state index contributed by atoms with van der Waals surface area (Å²) in [6.45, 7) is 3.93. The van der Waals surface area contributed by atoms with Crippen LogP contribution in [0.2, 0.25) is 0 Å². The summed E-state index contributed by atoms with van der Waals surface area (Å²) in [7, 11) is 2.68. The van der Waals surface area contributed by atoms with Gasteiger partial charge in [-0.1, -0.05) is 116 Å². The number of carboxylic acid groups (broad SMARTS) is 1. The summed E-state index contributed by atoms with van der Waals surface area (Å²) in [5.41, 5.74) is 0.740. The average molecular weight is 897 g/mol. The summed E-state index contributed by atoms with van der Waals surface area (Å²) in [4.78, 5) is 92.3. The molecule has 3 atom stereocenters. The molecule has 2 unspecified atom stereocenters. The van der Waals surface area contributed by atoms with E-state index >= 15 is 0 Å². The number of aromatic hydroxyl groups is 2. The Morgan fingerprint density at radius 3 is 1.86 bits per heavy atom. The van der Waals surface area contributed by atoms with Gasteiger partial charge in [0.15, 0.2) is 0 Å². The van der Waals surface area contributed by atoms with E-state index in [0.717, 1.165) is 29.1 Å². The Bertz CT molecular complexity index is 1840. The number of fused-ring (bicyclic) bond motifs is 5. The Balaban J connectivity index is 0.00000456. The smallest absolute Gasteiger partial charge is 0.326 e. The quantitative estimate of drug-likeness (QED) is 0.0723. The van der Waals surface area contributed by atoms with Crippen molar-refractivity contribution in [2.75, 3.05) is 40.3 Å². The largest absolute Gasteiger partial charge is 0.507 e. The minimum absolute atomic E-state index is 0.0700. The monoisotopic (exact) mass is 897 g/mol. The fraction of sp³-hybridized carbons (Fsp3) is 0.596. The number of carbonyl (C=O) groups excluding carboxylic acids is 6. The van der Waals surface area contributed by atoms with Crippen molar-refractivity contribution in [2.24, 2.45) is 0 Å². The van der Waals surface area contributed by atoms with Gasteiger partial charge < -0.3 is 51.5 Å². The van der Waals surface area contributed by atoms with Crippen LogP contribution in [0, 0.1) is 0 Å². The lowest BCUT2D eigenvalue weighted by molar-refractivity contribution is -0.142. The number of phenolic OH excluding ortho intramolecular Hbond substituents is 2. The molecule has 1 heterocycles. The lowest BCUT2D eigenvalue weighted by atomic mass is 9.94. The zero-order valence-electron chi connectivity index (χ0n) is 38.4. The number of rotatable bonds is 23. The molecule has 1 aliphatic heterocycles. The standard InChI is InChI=1S/C44H64N6O11.C3H8/c1-4-5-6-7-8-9-10-11-12-13-14-15-16-17-39(56)49(2)34(28-51)42(58)46-25-37(54)45-27-40(57)50(3)41-30-19-21-36(53)32(24-30)31-22-29(18-20-35(31)52)23-33(44(60)61)48-38(55)26-47-43(41)59;1-3-2/h18-22,24,33-34,41,51-53H,4-17,23,25-28H2,1-3H3,(H,45,54)(H,46,58)(H,47,59)(H,48,55)(H,60,61);3H2,1-2H3/t33?,34?,41-;/m0./s1. The van der Waals surface area contributed by atoms with E-state index in [2.05, 4.69) is 42.0 Å². The second-order valence-corrected chi connectivity index (χ2v) is 16.3. The molecule has 0 spiro atoms. The van der Waals surface area contributed by atoms with Crippen molar-refractivity contribution in [3.63, 3.8) is 0 Å². The maximum atomic E-state index is 13.6. The van der Waals surface area contributed by atoms with E-state index in [4.69, 9.17) is 0 Å². The molecule has 0 radical (unpaired) electrons. The number of hydrogen-bond donors (Lipinski definition) is 8. The van der Waals surface area contributed by atoms with Crippen LogP contribution >= 0.6 is 0 Å². The number of carboxylic acids is 1. The number of amides is 6. The van der Waals surface area contributed by atoms with Gasteiger partial charge in [-0.25, -0.2) is 4.79 Å². The third kappa shape index (κ3) is 18.6. The maximum absolute atomic E-state index is 13.6. The number of nitrogens with one attached hydrogen (secondary N) is 4. The predicted octanol–water partition coefficient (Wildman–Crippen LogP) is 4.46. The fourth-order valence-corrected chi connectivity index (χ4v) is 7.18. The van der Waals surface area contributed by atoms with Gasteiger partial charge in [-0.05, 0) is 41.8 Å². The number of unbranched alkanes of at least 4 members (excludes halogenated alkanes) is 12. The number of hydrogen-bond acceptors (Lipinski definition) is 10. The van der Waals surface area contributed by atoms with Gasteiger partial charge in [-0.3, -0.25) is 28.8 Å². The molecule has 2 aromatic rings. The summed E-state index contributed by atoms with van der Waals surface area (Å²) < 4.78 is 0. The number of likely N-dealkylation sites (N-methyl/N-ethyl adjacent to an activating group) is 2. The highest BCUT2D eigenvalue weighted by molar-refractivity contribution is 5.95. The molecule has 356 valence electrons. The number of aliphatic hydroxyl groups excluding tert-OH is 1. The van der Waals surface area contributed by atoms with Crippen LogP contribution in [0.3, 0.4) is 0 Å². The zero-order valence-corrected chi connectivity index (χ0v) is 38.4. The molecule has 2 aromatic carbocycles. The number of carbonyl (C=O) groups is 7. The molecule has 6 amide bonds. The minimum Gasteiger partial charge on any atom is -0.507 e. The number of phenols is 2. The first kappa shape index (κ1) is 54.4. The van der Waals surface area contributed by atoms with E-state index in [1.165, 1.54) is 115 Å². The first-order valence-electron chi connectivity index (χ1n) is 22.7. The van der Waals surface area contributed by atoms with Crippen LogP contribution in [-0.2, 0) is 40.0 Å². The van der Waals surface area contributed by atoms with Crippen molar-refractivity contribution in [1.29, 1.82) is 0 Å². The fourth-order valence-electron chi connectivity index (χ4n) is 7.18. The molecule has 4 bridgehead atoms. The van der Waals surface area contributed by atoms with Gasteiger partial charge in [0, 0.05) is 38.1 Å². The van der Waals surface area contributed by atoms with Gasteiger partial charge in [0.25, 0.3) is 0 Å². The van der Waals surface area contributed by atoms with Crippen LogP contribution in [0.15, 0.2) is 36.4 Å². The molecule has 17 nitrogen and oxygen atoms in total. The van der Waals surface area contributed by atoms with Gasteiger partial charge in [0.2, 0.25) is 35.4 Å². The van der Waals surface area contributed by atoms with Crippen LogP contribution in [0.25, 0.3) is 11.1 Å². The molecule has 0 saturated heterocycles. The molecule has 8 N–H and O–H groups in total. The highest BCUT2D eigenvalue weighted by atomic mass is 16.4. The Morgan fingerprint density at radius 2 is 1.30 bits per heavy atom. The van der Waals surface area contributed by atoms with Crippen LogP contribution in [0.5, 0.6) is 11.5 Å². The summed E-state index contributed by atoms with van der Waals surface area (Å²) in [5.74, 6) is -6.22. The van der Waals surface area contributed by atoms with Crippen molar-refractivity contribution in [3.8, 4) is 22.6 Å². The van der Waals surface area contributed by atoms with Crippen LogP contribution in [0.4, 0.5) is 0 Å². The average Bonchev–Trinajstić information content (AvgIpc) is 3.26. The van der Waals surface area contributed by atoms with Gasteiger partial charge in [0.1, 0.15) is 29.6 Å². The summed E-state index contributed by atoms with van der Waals surface area (Å²) >= 11 is 0. The van der Waals surface area contributed by atoms with E-state index in [0.29, 0.717) is 12.0 Å². The third-order valence-electron chi connectivity index (χ3n) is 10.9. The highest BCUT2D eigenvalue weighted by Crippen LogP contribution is 2.38. The van der Waals surface area contributed by atoms with Crippen molar-refractivity contribution in [3.05, 3.63) is 47.5 Å². The lowest BCUT2D eigenvalue weighted by Gasteiger charge is -2.29. The van der Waals surface area contributed by atoms with Crippen molar-refractivity contribution < 1.29 is 54.0 Å². The predicted molar refractivity (Wildman–Crippen MR) is 243 cm³/mol. The van der Waals surface area contributed by atoms with Gasteiger partial charge in [-0.2, -0.15) is 0 Å². The molecule has 0 fully saturated rings. The number of aliphatic carboxylic acids is 1. The highest BCUT2D eigenvalue weighted by Gasteiger charge is 2.32. The van der Waals surface area contributed by atoms with E-state index in [-0.39, 0.29) is 46.9 Å². The van der Waals surface area contributed by atoms with E-state index in [9.17, 15) is 54.0 Å². The summed E-state index contributed by atoms with van der Waals surface area (Å²) in [6, 6.07) is 4.13. The van der Waals surface area contributed by atoms with Crippen LogP contribution in [0.1, 0.15) is 134 Å². The Kier molecular flexibility index (Phi) is 25.2. The van der Waals surface area contributed by atoms with E-state index in [1.807, 2.05) is 0 Å². The van der Waals surface area contributed by atoms with Gasteiger partial charge in [0.05, 0.1) is 26.2 Å². The van der Waals surface area contributed by atoms with Crippen molar-refractivity contribution >= 4 is 41.4 Å². The lowest BCUT2D eigenvalue weighted by Crippen LogP contribution is -2.52. The number of aliphatic hydroxyl groups is 1. The van der Waals surface area contributed by atoms with Crippen molar-refractivity contribution in [2.45, 2.75) is 142 Å². The molecule has 0 aromatic heterocycles. The molecule has 1 aliphatic rings. The molecule has 64 heavy (non-hydrogen) atoms. The summed E-state index contributed by atoms with van der Waals surface area (Å²) in [6.07, 6.45) is 16.4. The second kappa shape index (κ2) is 29.6. The normalized spacial score (nSPS) is 15.2. The Morgan fingerprint density at radius 1 is 0.750 bits per heavy atom. The third-order valence-corrected chi connectivity index (χ3v) is 10.9. The zero-order chi connectivity index (χ0) is 47.6. The van der Waals surface area contributed by atoms with Crippen LogP contribution < -0.4 is 21.3 Å². The molecular weight excluding hydrogens is 825 g/mol. The Hall–Kier alpha value is -5.71. The molecule has 0 aliphatic carbocycles. The number of benzene rings is 2. The van der Waals surface area contributed by atoms with E-state index in [1.54, 1.807) is 0 Å². The van der Waals surface area contributed by atoms with Crippen molar-refractivity contribution in [1.82, 2.24) is 31.1 Å². The Labute approximate surface area is 377 Å². The van der Waals surface area contributed by atoms with E-state index < -0.39 is 79.9 Å². The van der Waals surface area contributed by atoms with Gasteiger partial charge in [-0.15, -0.1) is 0 Å². The first-order chi connectivity index (χ1) is 30.6. The number of nitrogens with zero attached hydrogens (tertiary/aromatic N) is 2. The SMILES string of the molecule is CCC.CCCCCCCCCCCCCCCC(=O)N(C)C(CO)C(=O)NCC(=O)NCC(=O)N(C)[C@@H]1C(=O)NCC(=O)NC(C(=O)O)Cc2ccc(O)c(c2)-c2cc1ccc2O. The maximum Gasteiger partial charge on any atom is 0.326 e. The minimum atomic E-state index is -1.45. The molecular formula is C47H72N6O11. The first-order valence-corrected chi connectivity index (χ1v) is 22.7. The van der Waals surface area contributed by atoms with Gasteiger partial charge >= 0.3 is 5.97 Å². The molecule has 17 heteroatoms.